The summed E-state index contributed by atoms with van der Waals surface area (Å²) in [5.41, 5.74) is 10.2. The molecule has 33 heavy (non-hydrogen) atoms. The number of likely N-dealkylation sites (tertiary alicyclic amines) is 1. The van der Waals surface area contributed by atoms with Crippen LogP contribution in [0, 0.1) is 5.41 Å². The number of carbonyl (C=O) groups is 3. The Labute approximate surface area is 193 Å². The third-order valence-corrected chi connectivity index (χ3v) is 6.59. The van der Waals surface area contributed by atoms with Crippen LogP contribution < -0.4 is 11.5 Å². The van der Waals surface area contributed by atoms with E-state index in [1.165, 1.54) is 4.90 Å². The average molecular weight is 494 g/mol. The summed E-state index contributed by atoms with van der Waals surface area (Å²) in [6.07, 6.45) is -3.34. The van der Waals surface area contributed by atoms with Crippen molar-refractivity contribution < 1.29 is 37.8 Å². The summed E-state index contributed by atoms with van der Waals surface area (Å²) in [5, 5.41) is 18.4. The fraction of sp³-hybridized carbons (Fsp3) is 0.571. The molecule has 6 N–H and O–H groups in total. The van der Waals surface area contributed by atoms with Crippen LogP contribution in [0.5, 0.6) is 0 Å². The number of carboxylic acid groups (broad SMARTS) is 1. The lowest BCUT2D eigenvalue weighted by Crippen LogP contribution is -2.60. The van der Waals surface area contributed by atoms with Gasteiger partial charge in [-0.1, -0.05) is 31.5 Å². The summed E-state index contributed by atoms with van der Waals surface area (Å²) in [7, 11) is 0. The van der Waals surface area contributed by atoms with E-state index in [0.29, 0.717) is 37.4 Å². The molecule has 0 radical (unpaired) electrons. The number of carboxylic acids is 1. The van der Waals surface area contributed by atoms with E-state index < -0.39 is 40.5 Å². The van der Waals surface area contributed by atoms with E-state index in [9.17, 15) is 27.9 Å². The second-order valence-corrected chi connectivity index (χ2v) is 9.41. The van der Waals surface area contributed by atoms with Crippen molar-refractivity contribution in [3.8, 4) is 0 Å². The van der Waals surface area contributed by atoms with Crippen LogP contribution in [0.2, 0.25) is 5.02 Å². The zero-order valence-corrected chi connectivity index (χ0v) is 19.0. The second kappa shape index (κ2) is 9.11. The molecule has 1 aromatic carbocycles. The van der Waals surface area contributed by atoms with Gasteiger partial charge in [0, 0.05) is 29.9 Å². The summed E-state index contributed by atoms with van der Waals surface area (Å²) in [5.74, 6) is -3.73. The number of aliphatic hydroxyl groups is 1. The normalized spacial score (nSPS) is 25.8. The Balaban J connectivity index is 0.000000479. The maximum Gasteiger partial charge on any atom is 0.490 e. The Morgan fingerprint density at radius 2 is 1.76 bits per heavy atom. The molecule has 1 saturated carbocycles. The maximum atomic E-state index is 13.1. The van der Waals surface area contributed by atoms with E-state index in [4.69, 9.17) is 33.0 Å². The van der Waals surface area contributed by atoms with E-state index in [2.05, 4.69) is 0 Å². The first kappa shape index (κ1) is 26.9. The molecule has 1 aliphatic carbocycles. The number of aliphatic carboxylic acids is 1. The van der Waals surface area contributed by atoms with Crippen molar-refractivity contribution in [1.82, 2.24) is 4.90 Å². The number of carbonyl (C=O) groups excluding carboxylic acids is 2. The van der Waals surface area contributed by atoms with Crippen molar-refractivity contribution in [2.24, 2.45) is 16.9 Å². The number of benzene rings is 1. The molecule has 2 aliphatic rings. The van der Waals surface area contributed by atoms with Crippen LogP contribution >= 0.6 is 11.6 Å². The van der Waals surface area contributed by atoms with Gasteiger partial charge >= 0.3 is 12.1 Å². The smallest absolute Gasteiger partial charge is 0.475 e. The van der Waals surface area contributed by atoms with Gasteiger partial charge in [0.25, 0.3) is 5.91 Å². The highest BCUT2D eigenvalue weighted by molar-refractivity contribution is 6.30. The van der Waals surface area contributed by atoms with Crippen LogP contribution in [0.3, 0.4) is 0 Å². The fourth-order valence-electron chi connectivity index (χ4n) is 4.16. The lowest BCUT2D eigenvalue weighted by atomic mass is 9.85. The average Bonchev–Trinajstić information content (AvgIpc) is 3.01. The molecule has 0 bridgehead atoms. The first-order chi connectivity index (χ1) is 15.0. The van der Waals surface area contributed by atoms with E-state index in [1.807, 2.05) is 19.9 Å². The number of amides is 2. The van der Waals surface area contributed by atoms with Gasteiger partial charge < -0.3 is 26.6 Å². The van der Waals surface area contributed by atoms with Crippen LogP contribution in [0.15, 0.2) is 18.2 Å². The van der Waals surface area contributed by atoms with E-state index in [1.54, 1.807) is 12.1 Å². The summed E-state index contributed by atoms with van der Waals surface area (Å²) in [4.78, 5) is 36.0. The number of primary amides is 1. The molecule has 8 nitrogen and oxygen atoms in total. The number of alkyl halides is 3. The summed E-state index contributed by atoms with van der Waals surface area (Å²) in [6, 6.07) is 5.34. The van der Waals surface area contributed by atoms with Crippen LogP contribution in [0.25, 0.3) is 0 Å². The Kier molecular flexibility index (Phi) is 7.42. The quantitative estimate of drug-likeness (QED) is 0.493. The van der Waals surface area contributed by atoms with Crippen molar-refractivity contribution in [2.45, 2.75) is 63.4 Å². The lowest BCUT2D eigenvalue weighted by molar-refractivity contribution is -0.192. The summed E-state index contributed by atoms with van der Waals surface area (Å²) < 4.78 is 31.7. The zero-order chi connectivity index (χ0) is 25.4. The number of rotatable bonds is 5. The number of nitrogens with zero attached hydrogens (tertiary/aromatic N) is 1. The largest absolute Gasteiger partial charge is 0.490 e. The number of hydrogen-bond acceptors (Lipinski definition) is 5. The Bertz CT molecular complexity index is 956. The molecular formula is C21H27ClF3N3O5. The highest BCUT2D eigenvalue weighted by Gasteiger charge is 2.68. The van der Waals surface area contributed by atoms with Gasteiger partial charge in [-0.15, -0.1) is 0 Å². The molecule has 184 valence electrons. The first-order valence-corrected chi connectivity index (χ1v) is 10.5. The van der Waals surface area contributed by atoms with Crippen molar-refractivity contribution in [3.05, 3.63) is 34.3 Å². The van der Waals surface area contributed by atoms with Gasteiger partial charge in [-0.2, -0.15) is 13.2 Å². The molecule has 3 rings (SSSR count). The SMILES string of the molecule is CC1(C)C[C@]1(O)C(=O)N1CCC[C@]1(Cc1cc(Cl)ccc1CN)C(N)=O.O=C(O)C(F)(F)F. The van der Waals surface area contributed by atoms with Crippen LogP contribution in [0.4, 0.5) is 13.2 Å². The third kappa shape index (κ3) is 5.25. The first-order valence-electron chi connectivity index (χ1n) is 10.1. The van der Waals surface area contributed by atoms with Crippen LogP contribution in [-0.2, 0) is 27.3 Å². The van der Waals surface area contributed by atoms with E-state index >= 15 is 0 Å². The predicted molar refractivity (Wildman–Crippen MR) is 113 cm³/mol. The molecule has 1 aromatic rings. The molecule has 12 heteroatoms. The molecule has 0 spiro atoms. The van der Waals surface area contributed by atoms with Crippen molar-refractivity contribution >= 4 is 29.4 Å². The highest BCUT2D eigenvalue weighted by atomic mass is 35.5. The zero-order valence-electron chi connectivity index (χ0n) is 18.2. The van der Waals surface area contributed by atoms with Crippen molar-refractivity contribution in [3.63, 3.8) is 0 Å². The molecule has 1 heterocycles. The van der Waals surface area contributed by atoms with Crippen LogP contribution in [0.1, 0.15) is 44.2 Å². The minimum Gasteiger partial charge on any atom is -0.475 e. The van der Waals surface area contributed by atoms with E-state index in [0.717, 1.165) is 11.1 Å². The molecule has 0 unspecified atom stereocenters. The van der Waals surface area contributed by atoms with Gasteiger partial charge in [-0.05, 0) is 42.5 Å². The standard InChI is InChI=1S/C19H26ClN3O3.C2HF3O2/c1-17(2)11-19(17,26)16(25)23-7-3-6-18(23,15(22)24)9-13-8-14(20)5-4-12(13)10-21;3-2(4,5)1(6)7/h4-5,8,26H,3,6-7,9-11,21H2,1-2H3,(H2,22,24);(H,6,7)/t18-,19-;/m0./s1. The fourth-order valence-corrected chi connectivity index (χ4v) is 4.35. The maximum absolute atomic E-state index is 13.1. The molecule has 2 atom stereocenters. The van der Waals surface area contributed by atoms with Crippen LogP contribution in [-0.4, -0.2) is 56.8 Å². The van der Waals surface area contributed by atoms with Gasteiger partial charge in [-0.25, -0.2) is 4.79 Å². The molecule has 1 aliphatic heterocycles. The Morgan fingerprint density at radius 1 is 1.21 bits per heavy atom. The number of halogens is 4. The second-order valence-electron chi connectivity index (χ2n) is 8.97. The Hall–Kier alpha value is -2.37. The van der Waals surface area contributed by atoms with Crippen molar-refractivity contribution in [2.75, 3.05) is 6.54 Å². The number of nitrogens with two attached hydrogens (primary N) is 2. The van der Waals surface area contributed by atoms with Gasteiger partial charge in [0.1, 0.15) is 11.1 Å². The monoisotopic (exact) mass is 493 g/mol. The topological polar surface area (TPSA) is 147 Å². The lowest BCUT2D eigenvalue weighted by Gasteiger charge is -2.38. The van der Waals surface area contributed by atoms with Gasteiger partial charge in [0.05, 0.1) is 0 Å². The predicted octanol–water partition coefficient (Wildman–Crippen LogP) is 1.98. The van der Waals surface area contributed by atoms with Gasteiger partial charge in [-0.3, -0.25) is 9.59 Å². The Morgan fingerprint density at radius 3 is 2.18 bits per heavy atom. The molecule has 0 aromatic heterocycles. The summed E-state index contributed by atoms with van der Waals surface area (Å²) in [6.45, 7) is 4.39. The molecular weight excluding hydrogens is 467 g/mol. The molecule has 2 fully saturated rings. The minimum atomic E-state index is -5.08. The van der Waals surface area contributed by atoms with Crippen molar-refractivity contribution in [1.29, 1.82) is 0 Å². The van der Waals surface area contributed by atoms with Gasteiger partial charge in [0.15, 0.2) is 0 Å². The van der Waals surface area contributed by atoms with E-state index in [-0.39, 0.29) is 6.42 Å². The summed E-state index contributed by atoms with van der Waals surface area (Å²) >= 11 is 6.13. The number of hydrogen-bond donors (Lipinski definition) is 4. The third-order valence-electron chi connectivity index (χ3n) is 6.35. The minimum absolute atomic E-state index is 0.248. The highest BCUT2D eigenvalue weighted by Crippen LogP contribution is 2.57. The van der Waals surface area contributed by atoms with Gasteiger partial charge in [0.2, 0.25) is 5.91 Å². The molecule has 2 amide bonds. The molecule has 1 saturated heterocycles.